The highest BCUT2D eigenvalue weighted by atomic mass is 32.2. The lowest BCUT2D eigenvalue weighted by Crippen LogP contribution is -2.53. The summed E-state index contributed by atoms with van der Waals surface area (Å²) in [4.78, 5) is 24.5. The molecule has 0 saturated carbocycles. The molecule has 0 spiro atoms. The predicted octanol–water partition coefficient (Wildman–Crippen LogP) is 7.38. The number of thioether (sulfide) groups is 3. The summed E-state index contributed by atoms with van der Waals surface area (Å²) in [5, 5.41) is 13.1. The number of carbonyl (C=O) groups excluding carboxylic acids is 1. The van der Waals surface area contributed by atoms with Gasteiger partial charge in [0.15, 0.2) is 0 Å². The zero-order valence-electron chi connectivity index (χ0n) is 26.9. The number of nitrogens with zero attached hydrogens (tertiary/aromatic N) is 3. The third-order valence-corrected chi connectivity index (χ3v) is 13.3. The molecule has 1 fully saturated rings. The van der Waals surface area contributed by atoms with E-state index in [0.29, 0.717) is 18.1 Å². The number of aldehydes is 1. The molecule has 2 aromatic rings. The van der Waals surface area contributed by atoms with Crippen molar-refractivity contribution in [3.63, 3.8) is 0 Å². The van der Waals surface area contributed by atoms with Crippen LogP contribution < -0.4 is 0 Å². The fourth-order valence-electron chi connectivity index (χ4n) is 6.28. The second-order valence-electron chi connectivity index (χ2n) is 13.2. The molecular formula is C35H47N3O3S3. The highest BCUT2D eigenvalue weighted by molar-refractivity contribution is 8.15. The number of rotatable bonds is 13. The Hall–Kier alpha value is -1.78. The van der Waals surface area contributed by atoms with E-state index in [2.05, 4.69) is 70.0 Å². The summed E-state index contributed by atoms with van der Waals surface area (Å²) < 4.78 is 6.87. The number of hydrogen-bond donors (Lipinski definition) is 1. The molecule has 238 valence electrons. The van der Waals surface area contributed by atoms with E-state index >= 15 is 0 Å². The van der Waals surface area contributed by atoms with Crippen LogP contribution >= 0.6 is 35.3 Å². The molecule has 0 bridgehead atoms. The fraction of sp³-hybridized carbons (Fsp3) is 0.571. The molecule has 6 nitrogen and oxygen atoms in total. The number of aromatic hydroxyl groups is 1. The van der Waals surface area contributed by atoms with Crippen LogP contribution in [0.25, 0.3) is 0 Å². The van der Waals surface area contributed by atoms with E-state index in [1.54, 1.807) is 29.6 Å². The van der Waals surface area contributed by atoms with Gasteiger partial charge in [-0.05, 0) is 50.9 Å². The monoisotopic (exact) mass is 653 g/mol. The van der Waals surface area contributed by atoms with E-state index in [9.17, 15) is 9.90 Å². The number of hydrogen-bond acceptors (Lipinski definition) is 9. The minimum absolute atomic E-state index is 0.121. The molecule has 2 aromatic carbocycles. The first kappa shape index (κ1) is 33.6. The van der Waals surface area contributed by atoms with Crippen LogP contribution in [0.1, 0.15) is 69.2 Å². The van der Waals surface area contributed by atoms with Crippen LogP contribution in [0.5, 0.6) is 5.75 Å². The summed E-state index contributed by atoms with van der Waals surface area (Å²) in [6, 6.07) is 14.7. The van der Waals surface area contributed by atoms with Crippen LogP contribution in [0.3, 0.4) is 0 Å². The summed E-state index contributed by atoms with van der Waals surface area (Å²) in [6.45, 7) is 11.2. The second-order valence-corrected chi connectivity index (χ2v) is 16.3. The molecule has 0 amide bonds. The van der Waals surface area contributed by atoms with Crippen molar-refractivity contribution in [2.24, 2.45) is 15.4 Å². The van der Waals surface area contributed by atoms with Gasteiger partial charge in [-0.15, -0.1) is 35.3 Å². The van der Waals surface area contributed by atoms with Crippen molar-refractivity contribution in [3.8, 4) is 5.75 Å². The van der Waals surface area contributed by atoms with Crippen molar-refractivity contribution < 1.29 is 14.6 Å². The summed E-state index contributed by atoms with van der Waals surface area (Å²) in [5.74, 6) is 2.82. The van der Waals surface area contributed by atoms with Gasteiger partial charge in [-0.2, -0.15) is 0 Å². The average molecular weight is 654 g/mol. The van der Waals surface area contributed by atoms with Crippen molar-refractivity contribution in [2.75, 3.05) is 24.3 Å². The average Bonchev–Trinajstić information content (AvgIpc) is 3.74. The van der Waals surface area contributed by atoms with Crippen LogP contribution in [-0.4, -0.2) is 79.8 Å². The first-order chi connectivity index (χ1) is 21.1. The van der Waals surface area contributed by atoms with E-state index in [0.717, 1.165) is 51.8 Å². The Bertz CT molecular complexity index is 1380. The summed E-state index contributed by atoms with van der Waals surface area (Å²) >= 11 is 5.41. The smallest absolute Gasteiger partial charge is 0.148 e. The molecule has 9 heteroatoms. The van der Waals surface area contributed by atoms with Gasteiger partial charge >= 0.3 is 0 Å². The van der Waals surface area contributed by atoms with Gasteiger partial charge in [0.25, 0.3) is 0 Å². The van der Waals surface area contributed by atoms with Crippen molar-refractivity contribution in [2.45, 2.75) is 96.0 Å². The van der Waals surface area contributed by atoms with Crippen molar-refractivity contribution in [3.05, 3.63) is 64.7 Å². The van der Waals surface area contributed by atoms with Crippen LogP contribution in [-0.2, 0) is 22.6 Å². The number of aliphatic imine (C=N–C) groups is 2. The second kappa shape index (κ2) is 14.3. The van der Waals surface area contributed by atoms with E-state index in [4.69, 9.17) is 14.7 Å². The Balaban J connectivity index is 1.38. The van der Waals surface area contributed by atoms with Gasteiger partial charge < -0.3 is 14.6 Å². The molecule has 3 aliphatic heterocycles. The molecule has 1 saturated heterocycles. The third kappa shape index (κ3) is 7.27. The molecule has 44 heavy (non-hydrogen) atoms. The van der Waals surface area contributed by atoms with E-state index in [-0.39, 0.29) is 29.0 Å². The number of unbranched alkanes of at least 4 members (excludes halogenated alkanes) is 2. The van der Waals surface area contributed by atoms with E-state index in [1.807, 2.05) is 24.8 Å². The lowest BCUT2D eigenvalue weighted by atomic mass is 9.82. The van der Waals surface area contributed by atoms with Gasteiger partial charge in [0, 0.05) is 28.7 Å². The molecule has 0 aliphatic carbocycles. The Kier molecular flexibility index (Phi) is 10.9. The van der Waals surface area contributed by atoms with Gasteiger partial charge in [-0.3, -0.25) is 14.9 Å². The largest absolute Gasteiger partial charge is 0.507 e. The first-order valence-corrected chi connectivity index (χ1v) is 18.8. The molecular weight excluding hydrogens is 607 g/mol. The number of aryl methyl sites for hydroxylation is 2. The van der Waals surface area contributed by atoms with Crippen molar-refractivity contribution >= 4 is 51.7 Å². The maximum atomic E-state index is 11.9. The Morgan fingerprint density at radius 1 is 1.16 bits per heavy atom. The molecule has 3 heterocycles. The predicted molar refractivity (Wildman–Crippen MR) is 190 cm³/mol. The van der Waals surface area contributed by atoms with Crippen LogP contribution in [0.4, 0.5) is 0 Å². The van der Waals surface area contributed by atoms with Crippen molar-refractivity contribution in [1.29, 1.82) is 0 Å². The Labute approximate surface area is 276 Å². The van der Waals surface area contributed by atoms with Gasteiger partial charge in [0.2, 0.25) is 0 Å². The number of carbonyl (C=O) groups is 1. The highest BCUT2D eigenvalue weighted by Crippen LogP contribution is 2.45. The third-order valence-electron chi connectivity index (χ3n) is 9.03. The first-order valence-electron chi connectivity index (χ1n) is 15.8. The Morgan fingerprint density at radius 2 is 1.93 bits per heavy atom. The number of ether oxygens (including phenoxy) is 1. The quantitative estimate of drug-likeness (QED) is 0.179. The molecule has 5 atom stereocenters. The van der Waals surface area contributed by atoms with E-state index < -0.39 is 5.54 Å². The number of likely N-dealkylation sites (N-methyl/N-ethyl adjacent to an activating group) is 1. The van der Waals surface area contributed by atoms with E-state index in [1.165, 1.54) is 24.0 Å². The maximum absolute atomic E-state index is 11.9. The van der Waals surface area contributed by atoms with Gasteiger partial charge in [0.05, 0.1) is 34.7 Å². The lowest BCUT2D eigenvalue weighted by Gasteiger charge is -2.41. The van der Waals surface area contributed by atoms with Gasteiger partial charge in [0.1, 0.15) is 22.6 Å². The number of phenolic OH excluding ortho intramolecular Hbond substituents is 1. The molecule has 0 radical (unpaired) electrons. The highest BCUT2D eigenvalue weighted by Gasteiger charge is 2.50. The number of benzene rings is 2. The fourth-order valence-corrected chi connectivity index (χ4v) is 10.5. The summed E-state index contributed by atoms with van der Waals surface area (Å²) in [7, 11) is 2.21. The Morgan fingerprint density at radius 3 is 2.64 bits per heavy atom. The number of phenols is 1. The van der Waals surface area contributed by atoms with Crippen LogP contribution in [0, 0.1) is 12.3 Å². The van der Waals surface area contributed by atoms with Gasteiger partial charge in [-0.1, -0.05) is 75.6 Å². The molecule has 1 N–H and O–H groups in total. The minimum Gasteiger partial charge on any atom is -0.507 e. The van der Waals surface area contributed by atoms with Gasteiger partial charge in [-0.25, -0.2) is 0 Å². The van der Waals surface area contributed by atoms with Crippen molar-refractivity contribution in [1.82, 2.24) is 4.90 Å². The molecule has 5 unspecified atom stereocenters. The zero-order chi connectivity index (χ0) is 31.5. The van der Waals surface area contributed by atoms with Crippen LogP contribution in [0.15, 0.2) is 52.4 Å². The normalized spacial score (nSPS) is 26.5. The molecule has 0 aromatic heterocycles. The summed E-state index contributed by atoms with van der Waals surface area (Å²) in [6.07, 6.45) is 5.28. The standard InChI is InChI=1S/C35H47N3O3S3/c1-7-8-9-11-25-12-10-13-28(40)29(25)31-36-26(19-42-31)32-38(6)27(20-43-32)30(41-18-24-16-14-23(2)15-17-24)34(3,4)33-37-35(5,21-39)22-44-33/h10,12-17,21,26-27,30,32,40H,7-9,11,18-20,22H2,1-6H3. The molecule has 3 aliphatic rings. The SMILES string of the molecule is CCCCCc1cccc(O)c1C1=NC(C2SCC(C(OCc3ccc(C)cc3)C(C)(C)C3=NC(C)(C=O)CS3)N2C)CS1. The topological polar surface area (TPSA) is 74.5 Å². The molecule has 5 rings (SSSR count). The minimum atomic E-state index is -0.678. The maximum Gasteiger partial charge on any atom is 0.148 e. The zero-order valence-corrected chi connectivity index (χ0v) is 29.4. The summed E-state index contributed by atoms with van der Waals surface area (Å²) in [5.41, 5.74) is 3.44. The lowest BCUT2D eigenvalue weighted by molar-refractivity contribution is -0.111. The van der Waals surface area contributed by atoms with Crippen LogP contribution in [0.2, 0.25) is 0 Å².